The lowest BCUT2D eigenvalue weighted by Crippen LogP contribution is -2.16. The molecule has 2 aromatic rings. The van der Waals surface area contributed by atoms with Crippen LogP contribution in [-0.2, 0) is 6.42 Å². The monoisotopic (exact) mass is 348 g/mol. The largest absolute Gasteiger partial charge is 0.397 e. The van der Waals surface area contributed by atoms with Crippen molar-refractivity contribution in [1.29, 1.82) is 0 Å². The number of hydrogen-bond donors (Lipinski definition) is 3. The summed E-state index contributed by atoms with van der Waals surface area (Å²) < 4.78 is 0. The number of aryl methyl sites for hydroxylation is 1. The fraction of sp³-hybridized carbons (Fsp3) is 0.556. The molecule has 1 aromatic carbocycles. The molecule has 0 spiro atoms. The van der Waals surface area contributed by atoms with Gasteiger partial charge in [0.15, 0.2) is 0 Å². The van der Waals surface area contributed by atoms with Crippen LogP contribution in [0.15, 0.2) is 16.9 Å². The molecule has 0 saturated carbocycles. The number of rotatable bonds is 10. The van der Waals surface area contributed by atoms with Crippen molar-refractivity contribution >= 4 is 34.2 Å². The first-order valence-corrected chi connectivity index (χ1v) is 10.1. The minimum atomic E-state index is -0.118. The van der Waals surface area contributed by atoms with Gasteiger partial charge in [0.2, 0.25) is 0 Å². The minimum absolute atomic E-state index is 0.118. The predicted octanol–water partition coefficient (Wildman–Crippen LogP) is 3.79. The van der Waals surface area contributed by atoms with Crippen molar-refractivity contribution in [3.05, 3.63) is 28.2 Å². The van der Waals surface area contributed by atoms with Crippen molar-refractivity contribution < 1.29 is 0 Å². The third-order valence-corrected chi connectivity index (χ3v) is 4.68. The van der Waals surface area contributed by atoms with Crippen molar-refractivity contribution in [2.45, 2.75) is 45.4 Å². The quantitative estimate of drug-likeness (QED) is 0.449. The fourth-order valence-electron chi connectivity index (χ4n) is 2.66. The van der Waals surface area contributed by atoms with Crippen LogP contribution in [0, 0.1) is 0 Å². The lowest BCUT2D eigenvalue weighted by Gasteiger charge is -2.11. The molecule has 24 heavy (non-hydrogen) atoms. The lowest BCUT2D eigenvalue weighted by molar-refractivity contribution is 0.645. The number of fused-ring (bicyclic) bond motifs is 1. The first-order chi connectivity index (χ1) is 11.7. The molecule has 1 heterocycles. The van der Waals surface area contributed by atoms with Gasteiger partial charge in [-0.1, -0.05) is 32.6 Å². The zero-order valence-electron chi connectivity index (χ0n) is 14.7. The average molecular weight is 349 g/mol. The van der Waals surface area contributed by atoms with Gasteiger partial charge in [0, 0.05) is 13.0 Å². The van der Waals surface area contributed by atoms with Crippen molar-refractivity contribution in [2.75, 3.05) is 29.6 Å². The Labute approximate surface area is 147 Å². The summed E-state index contributed by atoms with van der Waals surface area (Å²) in [5.41, 5.74) is 9.59. The maximum Gasteiger partial charge on any atom is 0.270 e. The Morgan fingerprint density at radius 3 is 2.79 bits per heavy atom. The number of nitrogen functional groups attached to an aromatic ring is 1. The second-order valence-electron chi connectivity index (χ2n) is 6.05. The number of nitrogens with two attached hydrogens (primary N) is 1. The number of nitrogens with one attached hydrogen (secondary N) is 2. The molecule has 1 aromatic heterocycles. The third-order valence-electron chi connectivity index (χ3n) is 4.07. The van der Waals surface area contributed by atoms with Crippen LogP contribution >= 0.6 is 11.8 Å². The van der Waals surface area contributed by atoms with Gasteiger partial charge in [-0.05, 0) is 30.6 Å². The second kappa shape index (κ2) is 9.57. The van der Waals surface area contributed by atoms with Gasteiger partial charge >= 0.3 is 0 Å². The van der Waals surface area contributed by atoms with Crippen LogP contribution in [-0.4, -0.2) is 28.5 Å². The topological polar surface area (TPSA) is 83.8 Å². The molecule has 0 aliphatic carbocycles. The van der Waals surface area contributed by atoms with Gasteiger partial charge in [-0.3, -0.25) is 4.79 Å². The molecule has 0 saturated heterocycles. The van der Waals surface area contributed by atoms with Crippen molar-refractivity contribution in [3.8, 4) is 0 Å². The Kier molecular flexibility index (Phi) is 7.43. The molecule has 4 N–H and O–H groups in total. The fourth-order valence-corrected chi connectivity index (χ4v) is 3.06. The number of aromatic amines is 1. The highest BCUT2D eigenvalue weighted by Crippen LogP contribution is 2.23. The summed E-state index contributed by atoms with van der Waals surface area (Å²) in [7, 11) is 0. The highest BCUT2D eigenvalue weighted by Gasteiger charge is 2.08. The van der Waals surface area contributed by atoms with E-state index in [1.807, 2.05) is 12.3 Å². The van der Waals surface area contributed by atoms with Crippen LogP contribution in [0.4, 0.5) is 11.4 Å². The van der Waals surface area contributed by atoms with Crippen molar-refractivity contribution in [2.24, 2.45) is 0 Å². The standard InChI is InChI=1S/C18H28N4OS/c1-3-4-5-6-7-9-20-15-12-17-16(11-13(15)19)22-18(23)14(21-17)8-10-24-2/h11-12,20H,3-10,19H2,1-2H3,(H,22,23). The van der Waals surface area contributed by atoms with Gasteiger partial charge in [0.25, 0.3) is 5.56 Å². The molecular formula is C18H28N4OS. The van der Waals surface area contributed by atoms with Crippen LogP contribution in [0.25, 0.3) is 11.0 Å². The average Bonchev–Trinajstić information content (AvgIpc) is 2.57. The number of H-pyrrole nitrogens is 1. The SMILES string of the molecule is CCCCCCCNc1cc2nc(CCSC)c(=O)[nH]c2cc1N. The molecule has 2 rings (SSSR count). The molecule has 6 heteroatoms. The highest BCUT2D eigenvalue weighted by molar-refractivity contribution is 7.98. The van der Waals surface area contributed by atoms with Gasteiger partial charge in [-0.25, -0.2) is 4.98 Å². The summed E-state index contributed by atoms with van der Waals surface area (Å²) in [6, 6.07) is 3.73. The van der Waals surface area contributed by atoms with E-state index in [1.54, 1.807) is 17.8 Å². The van der Waals surface area contributed by atoms with Gasteiger partial charge in [0.05, 0.1) is 22.4 Å². The maximum absolute atomic E-state index is 12.0. The van der Waals surface area contributed by atoms with E-state index >= 15 is 0 Å². The van der Waals surface area contributed by atoms with E-state index in [0.29, 0.717) is 23.3 Å². The molecule has 132 valence electrons. The van der Waals surface area contributed by atoms with Gasteiger partial charge < -0.3 is 16.0 Å². The summed E-state index contributed by atoms with van der Waals surface area (Å²) in [6.07, 6.45) is 8.92. The van der Waals surface area contributed by atoms with Crippen molar-refractivity contribution in [1.82, 2.24) is 9.97 Å². The molecule has 0 radical (unpaired) electrons. The highest BCUT2D eigenvalue weighted by atomic mass is 32.2. The van der Waals surface area contributed by atoms with E-state index in [1.165, 1.54) is 25.7 Å². The summed E-state index contributed by atoms with van der Waals surface area (Å²) in [5, 5.41) is 3.40. The van der Waals surface area contributed by atoms with E-state index in [2.05, 4.69) is 22.2 Å². The Bertz CT molecular complexity index is 714. The zero-order valence-corrected chi connectivity index (χ0v) is 15.5. The van der Waals surface area contributed by atoms with Crippen LogP contribution in [0.1, 0.15) is 44.7 Å². The second-order valence-corrected chi connectivity index (χ2v) is 7.04. The van der Waals surface area contributed by atoms with Crippen LogP contribution in [0.3, 0.4) is 0 Å². The molecule has 0 unspecified atom stereocenters. The number of aromatic nitrogens is 2. The molecule has 0 bridgehead atoms. The summed E-state index contributed by atoms with van der Waals surface area (Å²) in [4.78, 5) is 19.5. The van der Waals surface area contributed by atoms with E-state index in [-0.39, 0.29) is 5.56 Å². The first-order valence-electron chi connectivity index (χ1n) is 8.71. The number of benzene rings is 1. The number of nitrogens with zero attached hydrogens (tertiary/aromatic N) is 1. The number of hydrogen-bond acceptors (Lipinski definition) is 5. The molecular weight excluding hydrogens is 320 g/mol. The third kappa shape index (κ3) is 5.16. The van der Waals surface area contributed by atoms with Crippen molar-refractivity contribution in [3.63, 3.8) is 0 Å². The van der Waals surface area contributed by atoms with E-state index in [0.717, 1.165) is 29.9 Å². The van der Waals surface area contributed by atoms with E-state index < -0.39 is 0 Å². The van der Waals surface area contributed by atoms with Gasteiger partial charge in [0.1, 0.15) is 5.69 Å². The van der Waals surface area contributed by atoms with Crippen LogP contribution in [0.5, 0.6) is 0 Å². The lowest BCUT2D eigenvalue weighted by atomic mass is 10.1. The maximum atomic E-state index is 12.0. The molecule has 5 nitrogen and oxygen atoms in total. The van der Waals surface area contributed by atoms with E-state index in [4.69, 9.17) is 5.73 Å². The Balaban J connectivity index is 2.09. The first kappa shape index (κ1) is 18.6. The number of unbranched alkanes of at least 4 members (excludes halogenated alkanes) is 4. The Morgan fingerprint density at radius 1 is 1.25 bits per heavy atom. The Hall–Kier alpha value is -1.69. The van der Waals surface area contributed by atoms with Crippen LogP contribution < -0.4 is 16.6 Å². The molecule has 0 aliphatic rings. The number of anilines is 2. The summed E-state index contributed by atoms with van der Waals surface area (Å²) >= 11 is 1.71. The Morgan fingerprint density at radius 2 is 2.04 bits per heavy atom. The van der Waals surface area contributed by atoms with Crippen LogP contribution in [0.2, 0.25) is 0 Å². The zero-order chi connectivity index (χ0) is 17.4. The van der Waals surface area contributed by atoms with Gasteiger partial charge in [-0.2, -0.15) is 11.8 Å². The molecule has 0 atom stereocenters. The summed E-state index contributed by atoms with van der Waals surface area (Å²) in [5.74, 6) is 0.888. The number of thioether (sulfide) groups is 1. The summed E-state index contributed by atoms with van der Waals surface area (Å²) in [6.45, 7) is 3.13. The van der Waals surface area contributed by atoms with Gasteiger partial charge in [-0.15, -0.1) is 0 Å². The minimum Gasteiger partial charge on any atom is -0.397 e. The predicted molar refractivity (Wildman–Crippen MR) is 106 cm³/mol. The molecule has 0 aliphatic heterocycles. The normalized spacial score (nSPS) is 11.1. The van der Waals surface area contributed by atoms with E-state index in [9.17, 15) is 4.79 Å². The smallest absolute Gasteiger partial charge is 0.270 e. The molecule has 0 amide bonds. The molecule has 0 fully saturated rings.